The first kappa shape index (κ1) is 18.1. The van der Waals surface area contributed by atoms with E-state index in [1.807, 2.05) is 36.4 Å². The monoisotopic (exact) mass is 398 g/mol. The van der Waals surface area contributed by atoms with Gasteiger partial charge in [0.15, 0.2) is 11.5 Å². The van der Waals surface area contributed by atoms with Crippen molar-refractivity contribution in [1.29, 1.82) is 0 Å². The van der Waals surface area contributed by atoms with E-state index in [2.05, 4.69) is 5.32 Å². The van der Waals surface area contributed by atoms with Crippen LogP contribution in [0, 0.1) is 0 Å². The Labute approximate surface area is 162 Å². The van der Waals surface area contributed by atoms with Crippen LogP contribution in [0.4, 0.5) is 11.4 Å². The highest BCUT2D eigenvalue weighted by molar-refractivity contribution is 7.92. The van der Waals surface area contributed by atoms with Gasteiger partial charge in [-0.25, -0.2) is 8.42 Å². The maximum atomic E-state index is 12.5. The lowest BCUT2D eigenvalue weighted by atomic mass is 10.1. The second-order valence-electron chi connectivity index (χ2n) is 6.42. The van der Waals surface area contributed by atoms with E-state index in [0.717, 1.165) is 21.3 Å². The van der Waals surface area contributed by atoms with Gasteiger partial charge in [-0.05, 0) is 35.0 Å². The number of amides is 1. The van der Waals surface area contributed by atoms with Crippen molar-refractivity contribution in [2.45, 2.75) is 0 Å². The van der Waals surface area contributed by atoms with Crippen LogP contribution in [0.15, 0.2) is 60.7 Å². The van der Waals surface area contributed by atoms with Crippen molar-refractivity contribution in [3.63, 3.8) is 0 Å². The Kier molecular flexibility index (Phi) is 4.56. The number of hydrogen-bond acceptors (Lipinski definition) is 5. The topological polar surface area (TPSA) is 84.9 Å². The van der Waals surface area contributed by atoms with Crippen LogP contribution in [-0.2, 0) is 14.8 Å². The molecular formula is C20H18N2O5S. The fourth-order valence-corrected chi connectivity index (χ4v) is 3.89. The fourth-order valence-electron chi connectivity index (χ4n) is 3.04. The molecule has 7 nitrogen and oxygen atoms in total. The zero-order valence-corrected chi connectivity index (χ0v) is 15.9. The van der Waals surface area contributed by atoms with Gasteiger partial charge in [-0.3, -0.25) is 9.10 Å². The molecule has 1 aliphatic heterocycles. The third-order valence-corrected chi connectivity index (χ3v) is 5.51. The van der Waals surface area contributed by atoms with Crippen molar-refractivity contribution in [2.24, 2.45) is 0 Å². The largest absolute Gasteiger partial charge is 0.454 e. The molecule has 0 spiro atoms. The molecule has 3 aromatic rings. The molecule has 144 valence electrons. The van der Waals surface area contributed by atoms with Crippen molar-refractivity contribution < 1.29 is 22.7 Å². The second-order valence-corrected chi connectivity index (χ2v) is 8.32. The van der Waals surface area contributed by atoms with Gasteiger partial charge in [0.25, 0.3) is 0 Å². The lowest BCUT2D eigenvalue weighted by Crippen LogP contribution is -2.37. The van der Waals surface area contributed by atoms with Crippen LogP contribution >= 0.6 is 0 Å². The highest BCUT2D eigenvalue weighted by Gasteiger charge is 2.23. The quantitative estimate of drug-likeness (QED) is 0.714. The summed E-state index contributed by atoms with van der Waals surface area (Å²) < 4.78 is 36.1. The Morgan fingerprint density at radius 2 is 1.75 bits per heavy atom. The number of fused-ring (bicyclic) bond motifs is 2. The van der Waals surface area contributed by atoms with E-state index in [0.29, 0.717) is 22.9 Å². The van der Waals surface area contributed by atoms with Crippen LogP contribution in [-0.4, -0.2) is 33.9 Å². The van der Waals surface area contributed by atoms with E-state index >= 15 is 0 Å². The van der Waals surface area contributed by atoms with E-state index < -0.39 is 15.9 Å². The normalized spacial score (nSPS) is 12.8. The Morgan fingerprint density at radius 1 is 1.00 bits per heavy atom. The lowest BCUT2D eigenvalue weighted by Gasteiger charge is -2.22. The van der Waals surface area contributed by atoms with E-state index in [1.54, 1.807) is 24.3 Å². The predicted octanol–water partition coefficient (Wildman–Crippen LogP) is 2.97. The first-order chi connectivity index (χ1) is 13.4. The van der Waals surface area contributed by atoms with Crippen molar-refractivity contribution in [1.82, 2.24) is 0 Å². The zero-order chi connectivity index (χ0) is 19.7. The molecule has 0 saturated carbocycles. The summed E-state index contributed by atoms with van der Waals surface area (Å²) in [5.41, 5.74) is 0.934. The summed E-state index contributed by atoms with van der Waals surface area (Å²) in [7, 11) is -3.68. The molecule has 3 aromatic carbocycles. The van der Waals surface area contributed by atoms with E-state index in [9.17, 15) is 13.2 Å². The molecule has 1 N–H and O–H groups in total. The number of rotatable bonds is 5. The molecule has 4 rings (SSSR count). The number of nitrogens with one attached hydrogen (secondary N) is 1. The van der Waals surface area contributed by atoms with E-state index in [1.165, 1.54) is 0 Å². The molecule has 0 fully saturated rings. The molecule has 1 amide bonds. The van der Waals surface area contributed by atoms with Gasteiger partial charge in [0.05, 0.1) is 11.9 Å². The number of anilines is 2. The van der Waals surface area contributed by atoms with Crippen LogP contribution in [0.25, 0.3) is 10.8 Å². The van der Waals surface area contributed by atoms with Crippen LogP contribution in [0.1, 0.15) is 0 Å². The molecule has 0 atom stereocenters. The SMILES string of the molecule is CS(=O)(=O)N(CC(=O)Nc1ccc2ccccc2c1)c1ccc2c(c1)OCO2. The third-order valence-electron chi connectivity index (χ3n) is 4.36. The molecule has 0 aromatic heterocycles. The summed E-state index contributed by atoms with van der Waals surface area (Å²) in [5.74, 6) is 0.539. The van der Waals surface area contributed by atoms with Crippen LogP contribution in [0.5, 0.6) is 11.5 Å². The molecule has 0 aliphatic carbocycles. The first-order valence-corrected chi connectivity index (χ1v) is 10.4. The maximum absolute atomic E-state index is 12.5. The number of nitrogens with zero attached hydrogens (tertiary/aromatic N) is 1. The van der Waals surface area contributed by atoms with Gasteiger partial charge in [0.2, 0.25) is 22.7 Å². The van der Waals surface area contributed by atoms with Crippen molar-refractivity contribution in [3.05, 3.63) is 60.7 Å². The smallest absolute Gasteiger partial charge is 0.245 e. The Morgan fingerprint density at radius 3 is 2.54 bits per heavy atom. The maximum Gasteiger partial charge on any atom is 0.245 e. The molecule has 28 heavy (non-hydrogen) atoms. The number of ether oxygens (including phenoxy) is 2. The zero-order valence-electron chi connectivity index (χ0n) is 15.1. The number of hydrogen-bond donors (Lipinski definition) is 1. The summed E-state index contributed by atoms with van der Waals surface area (Å²) in [5, 5.41) is 4.79. The minimum atomic E-state index is -3.68. The summed E-state index contributed by atoms with van der Waals surface area (Å²) >= 11 is 0. The standard InChI is InChI=1S/C20H18N2O5S/c1-28(24,25)22(17-8-9-18-19(11-17)27-13-26-18)12-20(23)21-16-7-6-14-4-2-3-5-15(14)10-16/h2-11H,12-13H2,1H3,(H,21,23). The Bertz CT molecular complexity index is 1160. The van der Waals surface area contributed by atoms with Crippen LogP contribution < -0.4 is 19.1 Å². The van der Waals surface area contributed by atoms with E-state index in [4.69, 9.17) is 9.47 Å². The van der Waals surface area contributed by atoms with Gasteiger partial charge in [0, 0.05) is 11.8 Å². The van der Waals surface area contributed by atoms with Gasteiger partial charge in [0.1, 0.15) is 6.54 Å². The number of carbonyl (C=O) groups excluding carboxylic acids is 1. The summed E-state index contributed by atoms with van der Waals surface area (Å²) in [6, 6.07) is 18.1. The molecule has 8 heteroatoms. The van der Waals surface area contributed by atoms with Crippen molar-refractivity contribution in [3.8, 4) is 11.5 Å². The third kappa shape index (κ3) is 3.72. The van der Waals surface area contributed by atoms with Gasteiger partial charge in [-0.15, -0.1) is 0 Å². The van der Waals surface area contributed by atoms with Crippen molar-refractivity contribution >= 4 is 38.1 Å². The average Bonchev–Trinajstić information content (AvgIpc) is 3.13. The highest BCUT2D eigenvalue weighted by atomic mass is 32.2. The van der Waals surface area contributed by atoms with Gasteiger partial charge in [-0.1, -0.05) is 30.3 Å². The molecule has 0 radical (unpaired) electrons. The molecule has 1 heterocycles. The fraction of sp³-hybridized carbons (Fsp3) is 0.150. The van der Waals surface area contributed by atoms with Gasteiger partial charge < -0.3 is 14.8 Å². The predicted molar refractivity (Wildman–Crippen MR) is 107 cm³/mol. The number of sulfonamides is 1. The summed E-state index contributed by atoms with van der Waals surface area (Å²) in [4.78, 5) is 12.5. The van der Waals surface area contributed by atoms with Crippen LogP contribution in [0.2, 0.25) is 0 Å². The Hall–Kier alpha value is -3.26. The van der Waals surface area contributed by atoms with Crippen LogP contribution in [0.3, 0.4) is 0 Å². The van der Waals surface area contributed by atoms with Gasteiger partial charge in [-0.2, -0.15) is 0 Å². The highest BCUT2D eigenvalue weighted by Crippen LogP contribution is 2.36. The summed E-state index contributed by atoms with van der Waals surface area (Å²) in [6.07, 6.45) is 1.06. The van der Waals surface area contributed by atoms with Crippen molar-refractivity contribution in [2.75, 3.05) is 29.2 Å². The molecule has 0 unspecified atom stereocenters. The number of benzene rings is 3. The average molecular weight is 398 g/mol. The summed E-state index contributed by atoms with van der Waals surface area (Å²) in [6.45, 7) is -0.272. The lowest BCUT2D eigenvalue weighted by molar-refractivity contribution is -0.114. The molecule has 1 aliphatic rings. The van der Waals surface area contributed by atoms with Gasteiger partial charge >= 0.3 is 0 Å². The first-order valence-electron chi connectivity index (χ1n) is 8.56. The van der Waals surface area contributed by atoms with E-state index in [-0.39, 0.29) is 13.3 Å². The number of carbonyl (C=O) groups is 1. The Balaban J connectivity index is 1.55. The molecular weight excluding hydrogens is 380 g/mol. The molecule has 0 bridgehead atoms. The second kappa shape index (κ2) is 7.05. The minimum absolute atomic E-state index is 0.0834. The molecule has 0 saturated heterocycles. The minimum Gasteiger partial charge on any atom is -0.454 e.